The Balaban J connectivity index is 2.29. The number of nitrogens with two attached hydrogens (primary N) is 1. The normalized spacial score (nSPS) is 11.2. The Hall–Kier alpha value is -2.37. The van der Waals surface area contributed by atoms with Gasteiger partial charge in [0.05, 0.1) is 17.1 Å². The van der Waals surface area contributed by atoms with E-state index in [-0.39, 0.29) is 11.4 Å². The fourth-order valence-electron chi connectivity index (χ4n) is 1.72. The van der Waals surface area contributed by atoms with Crippen molar-refractivity contribution in [3.63, 3.8) is 0 Å². The van der Waals surface area contributed by atoms with Crippen LogP contribution in [-0.2, 0) is 0 Å². The summed E-state index contributed by atoms with van der Waals surface area (Å²) in [5.41, 5.74) is 7.95. The molecule has 0 aromatic heterocycles. The van der Waals surface area contributed by atoms with Gasteiger partial charge in [0.2, 0.25) is 0 Å². The molecule has 0 saturated carbocycles. The van der Waals surface area contributed by atoms with Crippen LogP contribution in [-0.4, -0.2) is 6.36 Å². The Bertz CT molecular complexity index is 612. The first-order chi connectivity index (χ1) is 9.35. The molecular weight excluding hydrogens is 269 g/mol. The number of alkyl halides is 3. The standard InChI is InChI=1S/C14H13F3N2O/c1-9-6-7-11(10(18)8-9)19-12-4-2-3-5-13(12)20-14(15,16)17/h2-8,19H,18H2,1H3. The SMILES string of the molecule is Cc1ccc(Nc2ccccc2OC(F)(F)F)c(N)c1. The first-order valence-corrected chi connectivity index (χ1v) is 5.83. The number of aryl methyl sites for hydroxylation is 1. The van der Waals surface area contributed by atoms with Gasteiger partial charge in [-0.1, -0.05) is 18.2 Å². The van der Waals surface area contributed by atoms with Gasteiger partial charge < -0.3 is 15.8 Å². The van der Waals surface area contributed by atoms with E-state index < -0.39 is 6.36 Å². The van der Waals surface area contributed by atoms with Crippen LogP contribution in [0, 0.1) is 6.92 Å². The molecule has 2 aromatic carbocycles. The largest absolute Gasteiger partial charge is 0.573 e. The maximum absolute atomic E-state index is 12.3. The van der Waals surface area contributed by atoms with E-state index in [4.69, 9.17) is 5.73 Å². The topological polar surface area (TPSA) is 47.3 Å². The minimum absolute atomic E-state index is 0.195. The molecule has 0 aliphatic carbocycles. The Kier molecular flexibility index (Phi) is 3.74. The summed E-state index contributed by atoms with van der Waals surface area (Å²) in [7, 11) is 0. The number of para-hydroxylation sites is 2. The number of ether oxygens (including phenoxy) is 1. The lowest BCUT2D eigenvalue weighted by molar-refractivity contribution is -0.274. The number of nitrogens with one attached hydrogen (secondary N) is 1. The van der Waals surface area contributed by atoms with Gasteiger partial charge >= 0.3 is 6.36 Å². The maximum Gasteiger partial charge on any atom is 0.573 e. The van der Waals surface area contributed by atoms with Crippen molar-refractivity contribution in [2.45, 2.75) is 13.3 Å². The minimum atomic E-state index is -4.74. The van der Waals surface area contributed by atoms with Crippen LogP contribution in [0.3, 0.4) is 0 Å². The van der Waals surface area contributed by atoms with Gasteiger partial charge in [0, 0.05) is 0 Å². The number of anilines is 3. The molecule has 0 fully saturated rings. The van der Waals surface area contributed by atoms with Crippen molar-refractivity contribution in [1.29, 1.82) is 0 Å². The summed E-state index contributed by atoms with van der Waals surface area (Å²) in [5.74, 6) is -0.306. The van der Waals surface area contributed by atoms with Crippen molar-refractivity contribution in [2.75, 3.05) is 11.1 Å². The molecule has 3 N–H and O–H groups in total. The van der Waals surface area contributed by atoms with Gasteiger partial charge in [0.25, 0.3) is 0 Å². The fraction of sp³-hybridized carbons (Fsp3) is 0.143. The van der Waals surface area contributed by atoms with Crippen molar-refractivity contribution in [2.24, 2.45) is 0 Å². The molecule has 0 amide bonds. The zero-order chi connectivity index (χ0) is 14.8. The molecule has 0 saturated heterocycles. The van der Waals surface area contributed by atoms with E-state index in [1.165, 1.54) is 18.2 Å². The highest BCUT2D eigenvalue weighted by atomic mass is 19.4. The molecule has 0 radical (unpaired) electrons. The fourth-order valence-corrected chi connectivity index (χ4v) is 1.72. The third-order valence-corrected chi connectivity index (χ3v) is 2.59. The minimum Gasteiger partial charge on any atom is -0.404 e. The number of rotatable bonds is 3. The second kappa shape index (κ2) is 5.32. The highest BCUT2D eigenvalue weighted by Crippen LogP contribution is 2.33. The number of benzene rings is 2. The first-order valence-electron chi connectivity index (χ1n) is 5.83. The van der Waals surface area contributed by atoms with E-state index in [1.807, 2.05) is 13.0 Å². The van der Waals surface area contributed by atoms with Gasteiger partial charge in [-0.3, -0.25) is 0 Å². The Labute approximate surface area is 114 Å². The molecule has 0 unspecified atom stereocenters. The van der Waals surface area contributed by atoms with Gasteiger partial charge in [-0.15, -0.1) is 13.2 Å². The van der Waals surface area contributed by atoms with Crippen LogP contribution in [0.5, 0.6) is 5.75 Å². The smallest absolute Gasteiger partial charge is 0.404 e. The molecule has 0 heterocycles. The van der Waals surface area contributed by atoms with E-state index in [2.05, 4.69) is 10.1 Å². The Morgan fingerprint density at radius 3 is 2.40 bits per heavy atom. The zero-order valence-corrected chi connectivity index (χ0v) is 10.7. The summed E-state index contributed by atoms with van der Waals surface area (Å²) in [5, 5.41) is 2.84. The molecule has 0 aliphatic heterocycles. The molecule has 2 rings (SSSR count). The molecule has 0 atom stereocenters. The molecule has 0 bridgehead atoms. The number of hydrogen-bond acceptors (Lipinski definition) is 3. The van der Waals surface area contributed by atoms with Crippen molar-refractivity contribution in [3.8, 4) is 5.75 Å². The van der Waals surface area contributed by atoms with Crippen LogP contribution >= 0.6 is 0 Å². The quantitative estimate of drug-likeness (QED) is 0.829. The van der Waals surface area contributed by atoms with Gasteiger partial charge in [-0.25, -0.2) is 0 Å². The second-order valence-corrected chi connectivity index (χ2v) is 4.26. The third kappa shape index (κ3) is 3.57. The van der Waals surface area contributed by atoms with Crippen LogP contribution < -0.4 is 15.8 Å². The molecule has 3 nitrogen and oxygen atoms in total. The van der Waals surface area contributed by atoms with Crippen LogP contribution in [0.2, 0.25) is 0 Å². The van der Waals surface area contributed by atoms with E-state index in [9.17, 15) is 13.2 Å². The van der Waals surface area contributed by atoms with Crippen LogP contribution in [0.4, 0.5) is 30.2 Å². The number of hydrogen-bond donors (Lipinski definition) is 2. The predicted octanol–water partition coefficient (Wildman–Crippen LogP) is 4.22. The van der Waals surface area contributed by atoms with Crippen LogP contribution in [0.25, 0.3) is 0 Å². The van der Waals surface area contributed by atoms with E-state index in [0.29, 0.717) is 11.4 Å². The van der Waals surface area contributed by atoms with Gasteiger partial charge in [0.1, 0.15) is 0 Å². The molecule has 106 valence electrons. The summed E-state index contributed by atoms with van der Waals surface area (Å²) in [6.07, 6.45) is -4.74. The highest BCUT2D eigenvalue weighted by Gasteiger charge is 2.32. The van der Waals surface area contributed by atoms with E-state index >= 15 is 0 Å². The summed E-state index contributed by atoms with van der Waals surface area (Å²) < 4.78 is 40.9. The average Bonchev–Trinajstić information content (AvgIpc) is 2.33. The summed E-state index contributed by atoms with van der Waals surface area (Å²) in [6.45, 7) is 1.88. The lowest BCUT2D eigenvalue weighted by Gasteiger charge is -2.15. The first kappa shape index (κ1) is 14.0. The lowest BCUT2D eigenvalue weighted by Crippen LogP contribution is -2.17. The maximum atomic E-state index is 12.3. The van der Waals surface area contributed by atoms with Gasteiger partial charge in [-0.05, 0) is 36.8 Å². The Morgan fingerprint density at radius 2 is 1.75 bits per heavy atom. The van der Waals surface area contributed by atoms with Crippen molar-refractivity contribution < 1.29 is 17.9 Å². The van der Waals surface area contributed by atoms with Crippen molar-refractivity contribution in [1.82, 2.24) is 0 Å². The monoisotopic (exact) mass is 282 g/mol. The van der Waals surface area contributed by atoms with E-state index in [0.717, 1.165) is 5.56 Å². The summed E-state index contributed by atoms with van der Waals surface area (Å²) >= 11 is 0. The molecule has 0 aliphatic rings. The van der Waals surface area contributed by atoms with E-state index in [1.54, 1.807) is 18.2 Å². The summed E-state index contributed by atoms with van der Waals surface area (Å²) in [6, 6.07) is 11.0. The van der Waals surface area contributed by atoms with Crippen molar-refractivity contribution in [3.05, 3.63) is 48.0 Å². The van der Waals surface area contributed by atoms with Crippen LogP contribution in [0.1, 0.15) is 5.56 Å². The number of nitrogen functional groups attached to an aromatic ring is 1. The molecule has 20 heavy (non-hydrogen) atoms. The second-order valence-electron chi connectivity index (χ2n) is 4.26. The predicted molar refractivity (Wildman–Crippen MR) is 72.0 cm³/mol. The van der Waals surface area contributed by atoms with Gasteiger partial charge in [0.15, 0.2) is 5.75 Å². The third-order valence-electron chi connectivity index (χ3n) is 2.59. The lowest BCUT2D eigenvalue weighted by atomic mass is 10.2. The molecular formula is C14H13F3N2O. The highest BCUT2D eigenvalue weighted by molar-refractivity contribution is 5.75. The molecule has 0 spiro atoms. The number of halogens is 3. The Morgan fingerprint density at radius 1 is 1.05 bits per heavy atom. The van der Waals surface area contributed by atoms with Crippen LogP contribution in [0.15, 0.2) is 42.5 Å². The molecule has 2 aromatic rings. The zero-order valence-electron chi connectivity index (χ0n) is 10.7. The van der Waals surface area contributed by atoms with Crippen molar-refractivity contribution >= 4 is 17.1 Å². The average molecular weight is 282 g/mol. The van der Waals surface area contributed by atoms with Gasteiger partial charge in [-0.2, -0.15) is 0 Å². The summed E-state index contributed by atoms with van der Waals surface area (Å²) in [4.78, 5) is 0. The molecule has 6 heteroatoms.